The summed E-state index contributed by atoms with van der Waals surface area (Å²) in [6, 6.07) is 9.05. The fourth-order valence-electron chi connectivity index (χ4n) is 2.01. The second kappa shape index (κ2) is 4.28. The third kappa shape index (κ3) is 1.79. The minimum Gasteiger partial charge on any atom is -0.504 e. The molecule has 19 heavy (non-hydrogen) atoms. The van der Waals surface area contributed by atoms with Crippen molar-refractivity contribution >= 4 is 11.1 Å². The number of methoxy groups -OCH3 is 1. The van der Waals surface area contributed by atoms with Gasteiger partial charge in [0.1, 0.15) is 17.0 Å². The molecule has 0 saturated heterocycles. The summed E-state index contributed by atoms with van der Waals surface area (Å²) < 4.78 is 10.3. The minimum absolute atomic E-state index is 0.0199. The molecule has 2 aromatic heterocycles. The van der Waals surface area contributed by atoms with Crippen molar-refractivity contribution in [2.75, 3.05) is 7.11 Å². The number of fused-ring (bicyclic) bond motifs is 1. The highest BCUT2D eigenvalue weighted by molar-refractivity contribution is 5.85. The molecule has 0 atom stereocenters. The van der Waals surface area contributed by atoms with Gasteiger partial charge in [-0.1, -0.05) is 17.3 Å². The van der Waals surface area contributed by atoms with Gasteiger partial charge in [-0.2, -0.15) is 0 Å². The van der Waals surface area contributed by atoms with Crippen LogP contribution in [0.15, 0.2) is 34.9 Å². The Bertz CT molecular complexity index is 750. The Hall–Kier alpha value is -2.56. The van der Waals surface area contributed by atoms with E-state index in [1.54, 1.807) is 20.1 Å². The summed E-state index contributed by atoms with van der Waals surface area (Å²) in [7, 11) is 1.60. The predicted molar refractivity (Wildman–Crippen MR) is 70.2 cm³/mol. The summed E-state index contributed by atoms with van der Waals surface area (Å²) >= 11 is 0. The van der Waals surface area contributed by atoms with Crippen LogP contribution in [0.2, 0.25) is 0 Å². The predicted octanol–water partition coefficient (Wildman–Crippen LogP) is 2.91. The van der Waals surface area contributed by atoms with Crippen LogP contribution in [0.3, 0.4) is 0 Å². The van der Waals surface area contributed by atoms with Crippen LogP contribution in [0.25, 0.3) is 22.4 Å². The maximum absolute atomic E-state index is 9.98. The van der Waals surface area contributed by atoms with Crippen molar-refractivity contribution in [3.63, 3.8) is 0 Å². The number of aromatic nitrogens is 2. The van der Waals surface area contributed by atoms with Crippen LogP contribution in [0.1, 0.15) is 5.69 Å². The van der Waals surface area contributed by atoms with E-state index < -0.39 is 0 Å². The fraction of sp³-hybridized carbons (Fsp3) is 0.143. The van der Waals surface area contributed by atoms with Gasteiger partial charge in [0, 0.05) is 11.6 Å². The Morgan fingerprint density at radius 2 is 2.05 bits per heavy atom. The van der Waals surface area contributed by atoms with Crippen LogP contribution in [0.5, 0.6) is 11.5 Å². The van der Waals surface area contributed by atoms with Gasteiger partial charge in [-0.25, -0.2) is 4.98 Å². The second-order valence-corrected chi connectivity index (χ2v) is 4.17. The van der Waals surface area contributed by atoms with Crippen molar-refractivity contribution in [3.05, 3.63) is 36.0 Å². The van der Waals surface area contributed by atoms with Gasteiger partial charge in [-0.05, 0) is 19.1 Å². The number of nitrogens with zero attached hydrogens (tertiary/aromatic N) is 2. The van der Waals surface area contributed by atoms with E-state index >= 15 is 0 Å². The highest BCUT2D eigenvalue weighted by Crippen LogP contribution is 2.34. The minimum atomic E-state index is 0.0199. The molecule has 0 aliphatic rings. The van der Waals surface area contributed by atoms with E-state index in [1.807, 2.05) is 24.3 Å². The Morgan fingerprint density at radius 1 is 1.26 bits per heavy atom. The number of ether oxygens (including phenoxy) is 1. The van der Waals surface area contributed by atoms with Gasteiger partial charge in [0.05, 0.1) is 12.8 Å². The number of para-hydroxylation sites is 1. The lowest BCUT2D eigenvalue weighted by molar-refractivity contribution is 0.415. The lowest BCUT2D eigenvalue weighted by atomic mass is 10.1. The molecule has 0 unspecified atom stereocenters. The van der Waals surface area contributed by atoms with E-state index in [0.717, 1.165) is 5.56 Å². The highest BCUT2D eigenvalue weighted by atomic mass is 16.5. The summed E-state index contributed by atoms with van der Waals surface area (Å²) in [5.74, 6) is 0.717. The first-order chi connectivity index (χ1) is 9.20. The molecule has 5 heteroatoms. The summed E-state index contributed by atoms with van der Waals surface area (Å²) in [5.41, 5.74) is 2.93. The number of aromatic hydroxyl groups is 1. The summed E-state index contributed by atoms with van der Waals surface area (Å²) in [5, 5.41) is 13.8. The van der Waals surface area contributed by atoms with Gasteiger partial charge < -0.3 is 14.4 Å². The van der Waals surface area contributed by atoms with E-state index in [1.165, 1.54) is 0 Å². The zero-order chi connectivity index (χ0) is 13.4. The quantitative estimate of drug-likeness (QED) is 0.763. The summed E-state index contributed by atoms with van der Waals surface area (Å²) in [6.07, 6.45) is 0. The van der Waals surface area contributed by atoms with E-state index in [0.29, 0.717) is 28.2 Å². The van der Waals surface area contributed by atoms with Crippen molar-refractivity contribution in [3.8, 4) is 22.8 Å². The molecule has 0 fully saturated rings. The largest absolute Gasteiger partial charge is 0.504 e. The first-order valence-electron chi connectivity index (χ1n) is 5.80. The van der Waals surface area contributed by atoms with Gasteiger partial charge in [0.25, 0.3) is 0 Å². The Morgan fingerprint density at radius 3 is 2.84 bits per heavy atom. The van der Waals surface area contributed by atoms with Crippen LogP contribution < -0.4 is 4.74 Å². The average Bonchev–Trinajstić information content (AvgIpc) is 2.81. The van der Waals surface area contributed by atoms with E-state index in [4.69, 9.17) is 9.26 Å². The second-order valence-electron chi connectivity index (χ2n) is 4.17. The van der Waals surface area contributed by atoms with Gasteiger partial charge in [0.2, 0.25) is 5.58 Å². The van der Waals surface area contributed by atoms with Crippen molar-refractivity contribution in [1.82, 2.24) is 10.1 Å². The molecule has 0 aliphatic heterocycles. The molecular formula is C14H12N2O3. The van der Waals surface area contributed by atoms with E-state index in [-0.39, 0.29) is 5.75 Å². The SMILES string of the molecule is COc1ccccc1-c1cc(O)c2onc(C)c2n1. The summed E-state index contributed by atoms with van der Waals surface area (Å²) in [4.78, 5) is 4.48. The van der Waals surface area contributed by atoms with Crippen molar-refractivity contribution < 1.29 is 14.4 Å². The van der Waals surface area contributed by atoms with Crippen LogP contribution in [0, 0.1) is 6.92 Å². The molecule has 5 nitrogen and oxygen atoms in total. The van der Waals surface area contributed by atoms with Crippen LogP contribution in [0.4, 0.5) is 0 Å². The van der Waals surface area contributed by atoms with Crippen LogP contribution >= 0.6 is 0 Å². The molecule has 3 aromatic rings. The van der Waals surface area contributed by atoms with Gasteiger partial charge >= 0.3 is 0 Å². The van der Waals surface area contributed by atoms with Crippen molar-refractivity contribution in [2.45, 2.75) is 6.92 Å². The van der Waals surface area contributed by atoms with Gasteiger partial charge in [0.15, 0.2) is 5.75 Å². The molecule has 1 N–H and O–H groups in total. The lowest BCUT2D eigenvalue weighted by Crippen LogP contribution is -1.90. The maximum atomic E-state index is 9.98. The smallest absolute Gasteiger partial charge is 0.227 e. The lowest BCUT2D eigenvalue weighted by Gasteiger charge is -2.07. The molecule has 96 valence electrons. The Labute approximate surface area is 109 Å². The fourth-order valence-corrected chi connectivity index (χ4v) is 2.01. The monoisotopic (exact) mass is 256 g/mol. The van der Waals surface area contributed by atoms with Gasteiger partial charge in [-0.15, -0.1) is 0 Å². The molecule has 2 heterocycles. The molecule has 0 radical (unpaired) electrons. The first-order valence-corrected chi connectivity index (χ1v) is 5.80. The number of benzene rings is 1. The Kier molecular flexibility index (Phi) is 2.59. The number of hydrogen-bond acceptors (Lipinski definition) is 5. The van der Waals surface area contributed by atoms with Crippen LogP contribution in [-0.2, 0) is 0 Å². The zero-order valence-electron chi connectivity index (χ0n) is 10.5. The van der Waals surface area contributed by atoms with Crippen molar-refractivity contribution in [2.24, 2.45) is 0 Å². The molecule has 0 bridgehead atoms. The third-order valence-corrected chi connectivity index (χ3v) is 2.95. The number of hydrogen-bond donors (Lipinski definition) is 1. The number of aryl methyl sites for hydroxylation is 1. The van der Waals surface area contributed by atoms with Crippen molar-refractivity contribution in [1.29, 1.82) is 0 Å². The number of rotatable bonds is 2. The standard InChI is InChI=1S/C14H12N2O3/c1-8-13-14(19-16-8)11(17)7-10(15-13)9-5-3-4-6-12(9)18-2/h3-7H,1-2H3,(H,15,17). The molecule has 1 aromatic carbocycles. The molecule has 0 amide bonds. The van der Waals surface area contributed by atoms with Crippen LogP contribution in [-0.4, -0.2) is 22.4 Å². The normalized spacial score (nSPS) is 10.8. The maximum Gasteiger partial charge on any atom is 0.227 e. The van der Waals surface area contributed by atoms with Gasteiger partial charge in [-0.3, -0.25) is 0 Å². The topological polar surface area (TPSA) is 68.4 Å². The number of pyridine rings is 1. The Balaban J connectivity index is 2.28. The summed E-state index contributed by atoms with van der Waals surface area (Å²) in [6.45, 7) is 1.78. The molecular weight excluding hydrogens is 244 g/mol. The molecule has 0 aliphatic carbocycles. The highest BCUT2D eigenvalue weighted by Gasteiger charge is 2.15. The molecule has 3 rings (SSSR count). The third-order valence-electron chi connectivity index (χ3n) is 2.95. The first kappa shape index (κ1) is 11.5. The molecule has 0 spiro atoms. The van der Waals surface area contributed by atoms with E-state index in [9.17, 15) is 5.11 Å². The average molecular weight is 256 g/mol. The van der Waals surface area contributed by atoms with E-state index in [2.05, 4.69) is 10.1 Å². The zero-order valence-corrected chi connectivity index (χ0v) is 10.5. The molecule has 0 saturated carbocycles.